The van der Waals surface area contributed by atoms with E-state index in [1.165, 1.54) is 36.8 Å². The summed E-state index contributed by atoms with van der Waals surface area (Å²) in [7, 11) is 2.19. The lowest BCUT2D eigenvalue weighted by molar-refractivity contribution is 0.149. The molecule has 1 aliphatic heterocycles. The van der Waals surface area contributed by atoms with Crippen LogP contribution in [0.3, 0.4) is 0 Å². The van der Waals surface area contributed by atoms with Gasteiger partial charge in [0, 0.05) is 37.6 Å². The van der Waals surface area contributed by atoms with E-state index in [4.69, 9.17) is 0 Å². The van der Waals surface area contributed by atoms with Gasteiger partial charge in [0.2, 0.25) is 0 Å². The molecule has 0 amide bonds. The third kappa shape index (κ3) is 3.85. The lowest BCUT2D eigenvalue weighted by Crippen LogP contribution is -2.43. The first-order valence-electron chi connectivity index (χ1n) is 6.05. The maximum atomic E-state index is 4.28. The van der Waals surface area contributed by atoms with Crippen molar-refractivity contribution in [1.82, 2.24) is 14.8 Å². The number of rotatable bonds is 2. The monoisotopic (exact) mass is 241 g/mol. The van der Waals surface area contributed by atoms with E-state index in [1.54, 1.807) is 11.3 Å². The Kier molecular flexibility index (Phi) is 5.95. The SMILES string of the molecule is CC.Cc1ncsc1CN1CCN(C)CC1. The van der Waals surface area contributed by atoms with Crippen LogP contribution in [0, 0.1) is 6.92 Å². The van der Waals surface area contributed by atoms with Gasteiger partial charge in [-0.25, -0.2) is 4.98 Å². The summed E-state index contributed by atoms with van der Waals surface area (Å²) in [4.78, 5) is 10.6. The number of piperazine rings is 1. The molecule has 1 aromatic heterocycles. The van der Waals surface area contributed by atoms with Crippen LogP contribution in [-0.2, 0) is 6.54 Å². The van der Waals surface area contributed by atoms with Crippen molar-refractivity contribution in [3.63, 3.8) is 0 Å². The predicted molar refractivity (Wildman–Crippen MR) is 71.0 cm³/mol. The van der Waals surface area contributed by atoms with E-state index >= 15 is 0 Å². The van der Waals surface area contributed by atoms with Crippen molar-refractivity contribution in [2.75, 3.05) is 33.2 Å². The van der Waals surface area contributed by atoms with Crippen molar-refractivity contribution in [3.05, 3.63) is 16.1 Å². The number of aromatic nitrogens is 1. The second-order valence-electron chi connectivity index (χ2n) is 3.94. The maximum absolute atomic E-state index is 4.28. The van der Waals surface area contributed by atoms with E-state index in [1.807, 2.05) is 19.4 Å². The van der Waals surface area contributed by atoms with Crippen LogP contribution in [0.25, 0.3) is 0 Å². The molecule has 1 aromatic rings. The Morgan fingerprint density at radius 1 is 1.25 bits per heavy atom. The average molecular weight is 241 g/mol. The zero-order valence-corrected chi connectivity index (χ0v) is 11.7. The highest BCUT2D eigenvalue weighted by molar-refractivity contribution is 7.09. The molecule has 3 nitrogen and oxygen atoms in total. The molecule has 0 spiro atoms. The van der Waals surface area contributed by atoms with Crippen LogP contribution < -0.4 is 0 Å². The molecule has 0 atom stereocenters. The minimum atomic E-state index is 1.09. The predicted octanol–water partition coefficient (Wildman–Crippen LogP) is 2.23. The fourth-order valence-electron chi connectivity index (χ4n) is 1.69. The van der Waals surface area contributed by atoms with E-state index in [9.17, 15) is 0 Å². The Morgan fingerprint density at radius 2 is 1.88 bits per heavy atom. The van der Waals surface area contributed by atoms with Gasteiger partial charge in [-0.3, -0.25) is 4.90 Å². The minimum absolute atomic E-state index is 1.09. The first-order chi connectivity index (χ1) is 7.75. The van der Waals surface area contributed by atoms with Gasteiger partial charge in [-0.15, -0.1) is 11.3 Å². The van der Waals surface area contributed by atoms with E-state index in [-0.39, 0.29) is 0 Å². The zero-order valence-electron chi connectivity index (χ0n) is 10.9. The van der Waals surface area contributed by atoms with E-state index < -0.39 is 0 Å². The third-order valence-corrected chi connectivity index (χ3v) is 3.73. The summed E-state index contributed by atoms with van der Waals surface area (Å²) in [6.45, 7) is 11.9. The summed E-state index contributed by atoms with van der Waals surface area (Å²) in [5.74, 6) is 0. The van der Waals surface area contributed by atoms with Crippen LogP contribution in [-0.4, -0.2) is 48.0 Å². The molecule has 16 heavy (non-hydrogen) atoms. The molecule has 92 valence electrons. The summed E-state index contributed by atoms with van der Waals surface area (Å²) in [5, 5.41) is 0. The van der Waals surface area contributed by atoms with Gasteiger partial charge >= 0.3 is 0 Å². The molecule has 0 bridgehead atoms. The summed E-state index contributed by atoms with van der Waals surface area (Å²) in [6, 6.07) is 0. The molecule has 0 radical (unpaired) electrons. The van der Waals surface area contributed by atoms with Gasteiger partial charge in [-0.05, 0) is 14.0 Å². The number of likely N-dealkylation sites (N-methyl/N-ethyl adjacent to an activating group) is 1. The Balaban J connectivity index is 0.000000606. The largest absolute Gasteiger partial charge is 0.304 e. The van der Waals surface area contributed by atoms with Gasteiger partial charge in [0.05, 0.1) is 11.2 Å². The van der Waals surface area contributed by atoms with E-state index in [2.05, 4.69) is 28.8 Å². The Labute approximate surface area is 103 Å². The summed E-state index contributed by atoms with van der Waals surface area (Å²) < 4.78 is 0. The second-order valence-corrected chi connectivity index (χ2v) is 4.88. The number of hydrogen-bond acceptors (Lipinski definition) is 4. The van der Waals surface area contributed by atoms with Crippen molar-refractivity contribution in [1.29, 1.82) is 0 Å². The molecular formula is C12H23N3S. The van der Waals surface area contributed by atoms with Crippen LogP contribution in [0.5, 0.6) is 0 Å². The molecule has 2 rings (SSSR count). The summed E-state index contributed by atoms with van der Waals surface area (Å²) >= 11 is 1.78. The Bertz CT molecular complexity index is 290. The highest BCUT2D eigenvalue weighted by Crippen LogP contribution is 2.15. The summed E-state index contributed by atoms with van der Waals surface area (Å²) in [5.41, 5.74) is 3.15. The van der Waals surface area contributed by atoms with Gasteiger partial charge in [0.25, 0.3) is 0 Å². The molecule has 0 aliphatic carbocycles. The summed E-state index contributed by atoms with van der Waals surface area (Å²) in [6.07, 6.45) is 0. The highest BCUT2D eigenvalue weighted by Gasteiger charge is 2.15. The van der Waals surface area contributed by atoms with Crippen molar-refractivity contribution in [3.8, 4) is 0 Å². The number of nitrogens with zero attached hydrogens (tertiary/aromatic N) is 3. The third-order valence-electron chi connectivity index (χ3n) is 2.81. The minimum Gasteiger partial charge on any atom is -0.304 e. The van der Waals surface area contributed by atoms with Gasteiger partial charge in [-0.1, -0.05) is 13.8 Å². The zero-order chi connectivity index (χ0) is 12.0. The van der Waals surface area contributed by atoms with Crippen LogP contribution in [0.15, 0.2) is 5.51 Å². The van der Waals surface area contributed by atoms with Gasteiger partial charge < -0.3 is 4.90 Å². The second kappa shape index (κ2) is 6.99. The highest BCUT2D eigenvalue weighted by atomic mass is 32.1. The normalized spacial score (nSPS) is 18.0. The standard InChI is InChI=1S/C10H17N3S.C2H6/c1-9-10(14-8-11-9)7-13-5-3-12(2)4-6-13;1-2/h8H,3-7H2,1-2H3;1-2H3. The number of thiazole rings is 1. The molecule has 0 saturated carbocycles. The molecule has 4 heteroatoms. The van der Waals surface area contributed by atoms with Crippen molar-refractivity contribution in [2.24, 2.45) is 0 Å². The van der Waals surface area contributed by atoms with Crippen LogP contribution in [0.4, 0.5) is 0 Å². The quantitative estimate of drug-likeness (QED) is 0.791. The molecule has 1 saturated heterocycles. The molecule has 1 aliphatic rings. The van der Waals surface area contributed by atoms with Crippen LogP contribution in [0.2, 0.25) is 0 Å². The fraction of sp³-hybridized carbons (Fsp3) is 0.750. The smallest absolute Gasteiger partial charge is 0.0798 e. The lowest BCUT2D eigenvalue weighted by Gasteiger charge is -2.32. The lowest BCUT2D eigenvalue weighted by atomic mass is 10.3. The molecule has 0 aromatic carbocycles. The first kappa shape index (κ1) is 13.6. The van der Waals surface area contributed by atoms with Crippen LogP contribution >= 0.6 is 11.3 Å². The number of aryl methyl sites for hydroxylation is 1. The average Bonchev–Trinajstić information content (AvgIpc) is 2.71. The molecule has 2 heterocycles. The first-order valence-corrected chi connectivity index (χ1v) is 6.93. The van der Waals surface area contributed by atoms with E-state index in [0.717, 1.165) is 6.54 Å². The Morgan fingerprint density at radius 3 is 2.38 bits per heavy atom. The van der Waals surface area contributed by atoms with Crippen LogP contribution in [0.1, 0.15) is 24.4 Å². The van der Waals surface area contributed by atoms with Crippen molar-refractivity contribution >= 4 is 11.3 Å². The maximum Gasteiger partial charge on any atom is 0.0798 e. The molecule has 1 fully saturated rings. The van der Waals surface area contributed by atoms with Crippen molar-refractivity contribution in [2.45, 2.75) is 27.3 Å². The fourth-order valence-corrected chi connectivity index (χ4v) is 2.51. The molecular weight excluding hydrogens is 218 g/mol. The van der Waals surface area contributed by atoms with Gasteiger partial charge in [-0.2, -0.15) is 0 Å². The van der Waals surface area contributed by atoms with Gasteiger partial charge in [0.15, 0.2) is 0 Å². The topological polar surface area (TPSA) is 19.4 Å². The van der Waals surface area contributed by atoms with E-state index in [0.29, 0.717) is 0 Å². The Hall–Kier alpha value is -0.450. The molecule has 0 unspecified atom stereocenters. The molecule has 0 N–H and O–H groups in total. The van der Waals surface area contributed by atoms with Gasteiger partial charge in [0.1, 0.15) is 0 Å². The number of hydrogen-bond donors (Lipinski definition) is 0. The van der Waals surface area contributed by atoms with Crippen molar-refractivity contribution < 1.29 is 0 Å².